The smallest absolute Gasteiger partial charge is 0.323 e. The van der Waals surface area contributed by atoms with Gasteiger partial charge in [-0.3, -0.25) is 87.1 Å². The Morgan fingerprint density at radius 1 is 0.385 bits per heavy atom. The number of carbonyl (C=O) groups is 10. The van der Waals surface area contributed by atoms with Gasteiger partial charge >= 0.3 is 47.8 Å². The number of hydrogen-bond donors (Lipinski definition) is 3. The molecule has 0 bridgehead atoms. The van der Waals surface area contributed by atoms with E-state index in [1.54, 1.807) is 136 Å². The number of ether oxygens (including phenoxy) is 7. The number of carbonyl (C=O) groups excluding carboxylic acids is 9. The van der Waals surface area contributed by atoms with Gasteiger partial charge in [-0.05, 0) is 168 Å². The van der Waals surface area contributed by atoms with Gasteiger partial charge in [0.25, 0.3) is 0 Å². The molecular weight excluding hydrogens is 1350 g/mol. The molecule has 34 nitrogen and oxygen atoms in total. The Morgan fingerprint density at radius 3 is 0.856 bits per heavy atom. The van der Waals surface area contributed by atoms with E-state index < -0.39 is 87.5 Å². The van der Waals surface area contributed by atoms with Crippen LogP contribution in [0, 0.1) is 0 Å². The van der Waals surface area contributed by atoms with Gasteiger partial charge in [-0.1, -0.05) is 10.2 Å². The number of rotatable bonds is 31. The Hall–Kier alpha value is -7.00. The Labute approximate surface area is 617 Å². The standard InChI is InChI=1S/C36H66N8O9.C34H62N8O9/c1-11-50-30(46)25-41-17-19-42(26-31(47)51-34(2,3)4)21-23-44(24-22-43(20-18-41)27-32(48)52-35(5,6)7)28(33(49)53-36(8,9)10)13-14-29(45)38-15-12-16-39-40-37;1-32(2,3)49-29(46)24-40-17-15-39(23-28(44)45)16-18-41(25-30(47)50-33(4,5)6)20-22-42(21-19-40)26(31(48)51-34(7,8)9)11-12-27(43)36-13-10-14-37-38-35/h28H,11-27H2,1-10H3,(H,38,45);26H,10-25H2,1-9H3,(H,36,43)(H,44,45). The van der Waals surface area contributed by atoms with Crippen LogP contribution in [-0.4, -0.2) is 326 Å². The average molecular weight is 1480 g/mol. The summed E-state index contributed by atoms with van der Waals surface area (Å²) in [4.78, 5) is 150. The quantitative estimate of drug-likeness (QED) is 0.0204. The van der Waals surface area contributed by atoms with Crippen molar-refractivity contribution in [2.24, 2.45) is 10.2 Å². The van der Waals surface area contributed by atoms with Crippen molar-refractivity contribution < 1.29 is 86.2 Å². The normalized spacial score (nSPS) is 17.1. The molecule has 3 N–H and O–H groups in total. The fourth-order valence-electron chi connectivity index (χ4n) is 10.7. The summed E-state index contributed by atoms with van der Waals surface area (Å²) < 4.78 is 39.4. The summed E-state index contributed by atoms with van der Waals surface area (Å²) >= 11 is 0. The van der Waals surface area contributed by atoms with Crippen LogP contribution in [-0.2, 0) is 81.1 Å². The minimum absolute atomic E-state index is 0.0154. The van der Waals surface area contributed by atoms with Crippen molar-refractivity contribution in [1.29, 1.82) is 0 Å². The summed E-state index contributed by atoms with van der Waals surface area (Å²) in [6, 6.07) is -1.66. The number of amides is 2. The first-order chi connectivity index (χ1) is 48.2. The van der Waals surface area contributed by atoms with Crippen molar-refractivity contribution in [3.63, 3.8) is 0 Å². The summed E-state index contributed by atoms with van der Waals surface area (Å²) in [5.41, 5.74) is 12.6. The first-order valence-electron chi connectivity index (χ1n) is 36.2. The van der Waals surface area contributed by atoms with E-state index in [0.29, 0.717) is 131 Å². The third-order valence-electron chi connectivity index (χ3n) is 15.0. The molecule has 34 heteroatoms. The second-order valence-electron chi connectivity index (χ2n) is 31.8. The molecule has 0 aliphatic carbocycles. The molecule has 2 unspecified atom stereocenters. The predicted molar refractivity (Wildman–Crippen MR) is 390 cm³/mol. The molecule has 0 saturated carbocycles. The molecule has 2 atom stereocenters. The van der Waals surface area contributed by atoms with E-state index in [2.05, 4.69) is 30.7 Å². The Kier molecular flexibility index (Phi) is 43.4. The Morgan fingerprint density at radius 2 is 0.625 bits per heavy atom. The maximum Gasteiger partial charge on any atom is 0.323 e. The highest BCUT2D eigenvalue weighted by molar-refractivity contribution is 5.81. The maximum atomic E-state index is 13.8. The molecule has 2 rings (SSSR count). The zero-order valence-corrected chi connectivity index (χ0v) is 66.1. The van der Waals surface area contributed by atoms with Gasteiger partial charge in [0.1, 0.15) is 45.7 Å². The lowest BCUT2D eigenvalue weighted by atomic mass is 10.1. The summed E-state index contributed by atoms with van der Waals surface area (Å²) in [7, 11) is 0. The van der Waals surface area contributed by atoms with Crippen molar-refractivity contribution >= 4 is 59.6 Å². The lowest BCUT2D eigenvalue weighted by Crippen LogP contribution is -2.53. The van der Waals surface area contributed by atoms with Gasteiger partial charge in [-0.25, -0.2) is 0 Å². The molecule has 2 amide bonds. The van der Waals surface area contributed by atoms with E-state index in [-0.39, 0.29) is 102 Å². The predicted octanol–water partition coefficient (Wildman–Crippen LogP) is 5.04. The number of aliphatic carboxylic acids is 1. The van der Waals surface area contributed by atoms with Gasteiger partial charge in [0.2, 0.25) is 11.8 Å². The molecule has 2 fully saturated rings. The minimum atomic E-state index is -0.995. The van der Waals surface area contributed by atoms with Crippen LogP contribution in [0.4, 0.5) is 0 Å². The monoisotopic (exact) mass is 1480 g/mol. The highest BCUT2D eigenvalue weighted by atomic mass is 16.6. The number of hydrogen-bond acceptors (Lipinski definition) is 27. The molecule has 2 heterocycles. The molecule has 596 valence electrons. The molecular formula is C70H128N16O18. The van der Waals surface area contributed by atoms with E-state index in [9.17, 15) is 53.1 Å². The van der Waals surface area contributed by atoms with Gasteiger partial charge < -0.3 is 48.9 Å². The highest BCUT2D eigenvalue weighted by Crippen LogP contribution is 2.21. The molecule has 0 spiro atoms. The summed E-state index contributed by atoms with van der Waals surface area (Å²) in [5, 5.41) is 22.2. The fourth-order valence-corrected chi connectivity index (χ4v) is 10.7. The lowest BCUT2D eigenvalue weighted by molar-refractivity contribution is -0.163. The summed E-state index contributed by atoms with van der Waals surface area (Å²) in [5.74, 6) is -4.56. The molecule has 0 aromatic heterocycles. The van der Waals surface area contributed by atoms with Gasteiger partial charge in [-0.15, -0.1) is 0 Å². The molecule has 2 saturated heterocycles. The van der Waals surface area contributed by atoms with Crippen LogP contribution >= 0.6 is 0 Å². The number of carboxylic acid groups (broad SMARTS) is 1. The SMILES string of the molecule is CC(C)(C)OC(=O)CN1CCN(CC(=O)O)CCN(CC(=O)OC(C)(C)C)CCN(C(CCC(=O)NCCCN=[N+]=[N-])C(=O)OC(C)(C)C)CC1.CCOC(=O)CN1CCN(CC(=O)OC(C)(C)C)CCN(C(CCC(=O)NCCCN=[N+]=[N-])C(=O)OC(C)(C)C)CCN(CC(=O)OC(C)(C)C)CC1. The van der Waals surface area contributed by atoms with E-state index in [4.69, 9.17) is 44.2 Å². The first-order valence-corrected chi connectivity index (χ1v) is 36.2. The largest absolute Gasteiger partial charge is 0.480 e. The summed E-state index contributed by atoms with van der Waals surface area (Å²) in [6.07, 6.45) is 1.31. The second-order valence-corrected chi connectivity index (χ2v) is 31.8. The van der Waals surface area contributed by atoms with Gasteiger partial charge in [0.15, 0.2) is 0 Å². The molecule has 0 aromatic carbocycles. The Bertz CT molecular complexity index is 2690. The highest BCUT2D eigenvalue weighted by Gasteiger charge is 2.36. The van der Waals surface area contributed by atoms with Crippen molar-refractivity contribution in [2.45, 2.75) is 216 Å². The Balaban J connectivity index is 0.00000104. The number of azide groups is 2. The lowest BCUT2D eigenvalue weighted by Gasteiger charge is -2.37. The number of nitrogens with zero attached hydrogens (tertiary/aromatic N) is 14. The molecule has 104 heavy (non-hydrogen) atoms. The van der Waals surface area contributed by atoms with Crippen molar-refractivity contribution in [3.8, 4) is 0 Å². The van der Waals surface area contributed by atoms with Crippen LogP contribution in [0.25, 0.3) is 20.9 Å². The van der Waals surface area contributed by atoms with Crippen molar-refractivity contribution in [3.05, 3.63) is 20.9 Å². The van der Waals surface area contributed by atoms with Crippen molar-refractivity contribution in [2.75, 3.05) is 177 Å². The minimum Gasteiger partial charge on any atom is -0.480 e. The topological polar surface area (TPSA) is 403 Å². The van der Waals surface area contributed by atoms with Crippen LogP contribution in [0.2, 0.25) is 0 Å². The van der Waals surface area contributed by atoms with E-state index in [1.165, 1.54) is 0 Å². The third kappa shape index (κ3) is 49.7. The number of carboxylic acids is 1. The van der Waals surface area contributed by atoms with Gasteiger partial charge in [0, 0.05) is 154 Å². The molecule has 2 aliphatic rings. The molecule has 0 radical (unpaired) electrons. The van der Waals surface area contributed by atoms with Crippen LogP contribution in [0.15, 0.2) is 10.2 Å². The van der Waals surface area contributed by atoms with Crippen molar-refractivity contribution in [1.82, 2.24) is 49.8 Å². The van der Waals surface area contributed by atoms with Crippen LogP contribution in [0.5, 0.6) is 0 Å². The van der Waals surface area contributed by atoms with Crippen LogP contribution in [0.1, 0.15) is 170 Å². The van der Waals surface area contributed by atoms with E-state index in [1.807, 2.05) is 34.3 Å². The van der Waals surface area contributed by atoms with E-state index in [0.717, 1.165) is 0 Å². The van der Waals surface area contributed by atoms with Crippen LogP contribution < -0.4 is 10.6 Å². The number of nitrogens with one attached hydrogen (secondary N) is 2. The molecule has 2 aliphatic heterocycles. The third-order valence-corrected chi connectivity index (χ3v) is 15.0. The van der Waals surface area contributed by atoms with Gasteiger partial charge in [0.05, 0.1) is 45.9 Å². The second kappa shape index (κ2) is 47.5. The zero-order chi connectivity index (χ0) is 79.1. The first kappa shape index (κ1) is 95.0. The van der Waals surface area contributed by atoms with Gasteiger partial charge in [-0.2, -0.15) is 0 Å². The molecule has 0 aromatic rings. The zero-order valence-electron chi connectivity index (χ0n) is 66.1. The maximum absolute atomic E-state index is 13.8. The summed E-state index contributed by atoms with van der Waals surface area (Å²) in [6.45, 7) is 40.4. The van der Waals surface area contributed by atoms with Crippen LogP contribution in [0.3, 0.4) is 0 Å². The number of esters is 7. The average Bonchev–Trinajstić information content (AvgIpc) is 0.853. The van der Waals surface area contributed by atoms with E-state index >= 15 is 0 Å². The fraction of sp³-hybridized carbons (Fsp3) is 0.857.